The smallest absolute Gasteiger partial charge is 0.323 e. The van der Waals surface area contributed by atoms with E-state index in [0.717, 1.165) is 37.8 Å². The van der Waals surface area contributed by atoms with Gasteiger partial charge in [-0.25, -0.2) is 0 Å². The number of Topliss-reactive ketones (excluding diaryl/α,β-unsaturated/α-hetero) is 1. The summed E-state index contributed by atoms with van der Waals surface area (Å²) in [6.07, 6.45) is 5.11. The first-order chi connectivity index (χ1) is 6.99. The van der Waals surface area contributed by atoms with Gasteiger partial charge in [0.05, 0.1) is 0 Å². The van der Waals surface area contributed by atoms with Gasteiger partial charge in [0.1, 0.15) is 0 Å². The number of nitrogens with zero attached hydrogens (tertiary/aromatic N) is 2. The predicted molar refractivity (Wildman–Crippen MR) is 59.6 cm³/mol. The van der Waals surface area contributed by atoms with Gasteiger partial charge < -0.3 is 5.53 Å². The maximum absolute atomic E-state index is 11.7. The van der Waals surface area contributed by atoms with Gasteiger partial charge >= 0.3 is 6.21 Å². The Kier molecular flexibility index (Phi) is 3.81. The van der Waals surface area contributed by atoms with E-state index in [1.54, 1.807) is 0 Å². The topological polar surface area (TPSA) is 53.5 Å². The minimum atomic E-state index is -0.294. The molecule has 1 saturated carbocycles. The first kappa shape index (κ1) is 12.1. The number of rotatable bonds is 3. The molecule has 0 N–H and O–H groups in total. The summed E-state index contributed by atoms with van der Waals surface area (Å²) in [5.41, 5.74) is 8.08. The van der Waals surface area contributed by atoms with Crippen molar-refractivity contribution in [3.8, 4) is 0 Å². The lowest BCUT2D eigenvalue weighted by molar-refractivity contribution is -0.126. The molecule has 0 amide bonds. The van der Waals surface area contributed by atoms with E-state index in [2.05, 4.69) is 18.6 Å². The van der Waals surface area contributed by atoms with Gasteiger partial charge in [-0.3, -0.25) is 4.79 Å². The molecule has 84 valence electrons. The summed E-state index contributed by atoms with van der Waals surface area (Å²) < 4.78 is 0. The molecule has 0 saturated heterocycles. The van der Waals surface area contributed by atoms with E-state index in [-0.39, 0.29) is 11.2 Å². The van der Waals surface area contributed by atoms with Crippen LogP contribution in [0.4, 0.5) is 0 Å². The first-order valence-corrected chi connectivity index (χ1v) is 5.71. The van der Waals surface area contributed by atoms with Crippen molar-refractivity contribution in [1.29, 1.82) is 0 Å². The summed E-state index contributed by atoms with van der Waals surface area (Å²) in [6.45, 7) is 6.46. The summed E-state index contributed by atoms with van der Waals surface area (Å²) in [4.78, 5) is 14.5. The molecule has 1 rings (SSSR count). The van der Waals surface area contributed by atoms with Gasteiger partial charge in [-0.2, -0.15) is 4.79 Å². The molecule has 0 aromatic rings. The Morgan fingerprint density at radius 2 is 2.00 bits per heavy atom. The third kappa shape index (κ3) is 2.75. The molecular formula is C12H20N2O. The number of carbonyl (C=O) groups is 1. The Bertz CT molecular complexity index is 282. The highest BCUT2D eigenvalue weighted by atomic mass is 16.1. The van der Waals surface area contributed by atoms with Crippen molar-refractivity contribution < 1.29 is 9.58 Å². The van der Waals surface area contributed by atoms with Gasteiger partial charge in [-0.15, -0.1) is 0 Å². The Balaban J connectivity index is 2.62. The van der Waals surface area contributed by atoms with Gasteiger partial charge in [-0.1, -0.05) is 20.8 Å². The Morgan fingerprint density at radius 1 is 1.47 bits per heavy atom. The molecule has 1 aliphatic carbocycles. The van der Waals surface area contributed by atoms with Crippen LogP contribution in [0.2, 0.25) is 0 Å². The monoisotopic (exact) mass is 208 g/mol. The van der Waals surface area contributed by atoms with Crippen molar-refractivity contribution in [2.45, 2.75) is 46.5 Å². The first-order valence-electron chi connectivity index (χ1n) is 5.71. The highest BCUT2D eigenvalue weighted by molar-refractivity contribution is 6.27. The third-order valence-corrected chi connectivity index (χ3v) is 3.85. The van der Waals surface area contributed by atoms with Crippen LogP contribution in [0.1, 0.15) is 46.5 Å². The van der Waals surface area contributed by atoms with Gasteiger partial charge in [-0.05, 0) is 37.5 Å². The molecule has 3 heteroatoms. The molecule has 1 aliphatic rings. The highest BCUT2D eigenvalue weighted by Gasteiger charge is 2.38. The van der Waals surface area contributed by atoms with E-state index < -0.39 is 0 Å². The molecule has 1 fully saturated rings. The molecule has 0 heterocycles. The standard InChI is InChI=1S/C12H20N2O/c1-9(2)10-4-6-12(3,7-5-10)11(15)8-14-13/h8-10H,4-7H2,1-3H3. The molecule has 0 unspecified atom stereocenters. The normalized spacial score (nSPS) is 31.1. The molecule has 0 aromatic heterocycles. The summed E-state index contributed by atoms with van der Waals surface area (Å²) >= 11 is 0. The summed E-state index contributed by atoms with van der Waals surface area (Å²) in [5.74, 6) is 1.42. The summed E-state index contributed by atoms with van der Waals surface area (Å²) in [5, 5.41) is 0. The minimum Gasteiger partial charge on any atom is -0.361 e. The number of hydrogen-bond donors (Lipinski definition) is 0. The van der Waals surface area contributed by atoms with E-state index in [1.165, 1.54) is 0 Å². The predicted octanol–water partition coefficient (Wildman–Crippen LogP) is 2.71. The molecule has 0 aliphatic heterocycles. The molecule has 0 spiro atoms. The molecule has 15 heavy (non-hydrogen) atoms. The lowest BCUT2D eigenvalue weighted by Gasteiger charge is -2.35. The van der Waals surface area contributed by atoms with E-state index in [0.29, 0.717) is 5.92 Å². The van der Waals surface area contributed by atoms with Crippen LogP contribution in [0.25, 0.3) is 5.53 Å². The molecular weight excluding hydrogens is 188 g/mol. The van der Waals surface area contributed by atoms with Crippen LogP contribution in [0.5, 0.6) is 0 Å². The molecule has 0 aromatic carbocycles. The van der Waals surface area contributed by atoms with Crippen LogP contribution >= 0.6 is 0 Å². The fraction of sp³-hybridized carbons (Fsp3) is 0.833. The van der Waals surface area contributed by atoms with Crippen molar-refractivity contribution in [2.75, 3.05) is 0 Å². The maximum atomic E-state index is 11.7. The second-order valence-corrected chi connectivity index (χ2v) is 5.25. The Hall–Kier alpha value is -0.950. The van der Waals surface area contributed by atoms with Crippen molar-refractivity contribution in [3.05, 3.63) is 5.53 Å². The highest BCUT2D eigenvalue weighted by Crippen LogP contribution is 2.41. The fourth-order valence-electron chi connectivity index (χ4n) is 2.40. The van der Waals surface area contributed by atoms with Crippen LogP contribution in [0.15, 0.2) is 0 Å². The largest absolute Gasteiger partial charge is 0.361 e. The minimum absolute atomic E-state index is 0.0350. The SMILES string of the molecule is CC(C)C1CCC(C)(C(=O)C=[N+]=[N-])CC1. The Labute approximate surface area is 91.5 Å². The van der Waals surface area contributed by atoms with Crippen molar-refractivity contribution >= 4 is 12.0 Å². The van der Waals surface area contributed by atoms with Crippen LogP contribution in [-0.2, 0) is 4.79 Å². The third-order valence-electron chi connectivity index (χ3n) is 3.85. The lowest BCUT2D eigenvalue weighted by Crippen LogP contribution is -2.34. The quantitative estimate of drug-likeness (QED) is 0.399. The average Bonchev–Trinajstić information content (AvgIpc) is 2.18. The number of hydrogen-bond acceptors (Lipinski definition) is 1. The van der Waals surface area contributed by atoms with Crippen molar-refractivity contribution in [3.63, 3.8) is 0 Å². The number of carbonyl (C=O) groups excluding carboxylic acids is 1. The van der Waals surface area contributed by atoms with Crippen molar-refractivity contribution in [2.24, 2.45) is 17.3 Å². The van der Waals surface area contributed by atoms with Crippen LogP contribution in [0.3, 0.4) is 0 Å². The molecule has 3 nitrogen and oxygen atoms in total. The zero-order valence-corrected chi connectivity index (χ0v) is 9.86. The van der Waals surface area contributed by atoms with Gasteiger partial charge in [0.25, 0.3) is 0 Å². The summed E-state index contributed by atoms with van der Waals surface area (Å²) in [7, 11) is 0. The zero-order valence-electron chi connectivity index (χ0n) is 9.86. The average molecular weight is 208 g/mol. The van der Waals surface area contributed by atoms with Crippen molar-refractivity contribution in [1.82, 2.24) is 0 Å². The van der Waals surface area contributed by atoms with E-state index in [4.69, 9.17) is 5.53 Å². The molecule has 0 atom stereocenters. The number of ketones is 1. The van der Waals surface area contributed by atoms with Crippen LogP contribution in [-0.4, -0.2) is 16.8 Å². The summed E-state index contributed by atoms with van der Waals surface area (Å²) in [6, 6.07) is 0. The van der Waals surface area contributed by atoms with E-state index >= 15 is 0 Å². The second kappa shape index (κ2) is 4.71. The molecule has 0 radical (unpaired) electrons. The van der Waals surface area contributed by atoms with E-state index in [9.17, 15) is 4.79 Å². The van der Waals surface area contributed by atoms with Gasteiger partial charge in [0.2, 0.25) is 5.78 Å². The van der Waals surface area contributed by atoms with Crippen LogP contribution < -0.4 is 0 Å². The second-order valence-electron chi connectivity index (χ2n) is 5.25. The van der Waals surface area contributed by atoms with Gasteiger partial charge in [0, 0.05) is 5.41 Å². The van der Waals surface area contributed by atoms with Gasteiger partial charge in [0.15, 0.2) is 0 Å². The van der Waals surface area contributed by atoms with Crippen LogP contribution in [0, 0.1) is 17.3 Å². The lowest BCUT2D eigenvalue weighted by atomic mass is 9.67. The Morgan fingerprint density at radius 3 is 2.40 bits per heavy atom. The maximum Gasteiger partial charge on any atom is 0.323 e. The molecule has 0 bridgehead atoms. The fourth-order valence-corrected chi connectivity index (χ4v) is 2.40. The zero-order chi connectivity index (χ0) is 11.5. The van der Waals surface area contributed by atoms with E-state index in [1.807, 2.05) is 6.92 Å².